The third-order valence-corrected chi connectivity index (χ3v) is 1.38. The maximum Gasteiger partial charge on any atom is 0.313 e. The van der Waals surface area contributed by atoms with Crippen molar-refractivity contribution in [1.29, 1.82) is 5.41 Å². The van der Waals surface area contributed by atoms with Crippen molar-refractivity contribution in [3.63, 3.8) is 0 Å². The first-order chi connectivity index (χ1) is 5.72. The van der Waals surface area contributed by atoms with Crippen molar-refractivity contribution in [3.05, 3.63) is 29.8 Å². The number of nitrogens with zero attached hydrogens (tertiary/aromatic N) is 1. The van der Waals surface area contributed by atoms with Gasteiger partial charge in [-0.05, 0) is 25.8 Å². The van der Waals surface area contributed by atoms with Gasteiger partial charge in [0.25, 0.3) is 0 Å². The molecule has 0 aromatic heterocycles. The summed E-state index contributed by atoms with van der Waals surface area (Å²) < 4.78 is 4.97. The highest BCUT2D eigenvalue weighted by atomic mass is 16.5. The minimum atomic E-state index is -0.182. The van der Waals surface area contributed by atoms with Gasteiger partial charge in [-0.25, -0.2) is 10.4 Å². The highest BCUT2D eigenvalue weighted by Gasteiger charge is 1.95. The van der Waals surface area contributed by atoms with Crippen molar-refractivity contribution in [2.24, 2.45) is 4.99 Å². The lowest BCUT2D eigenvalue weighted by Crippen LogP contribution is -2.01. The molecule has 0 saturated carbocycles. The Balaban J connectivity index is 2.71. The summed E-state index contributed by atoms with van der Waals surface area (Å²) in [5.74, 6) is 0.609. The van der Waals surface area contributed by atoms with E-state index in [4.69, 9.17) is 10.1 Å². The summed E-state index contributed by atoms with van der Waals surface area (Å²) in [5.41, 5.74) is 1.15. The quantitative estimate of drug-likeness (QED) is 0.498. The Hall–Kier alpha value is -1.64. The van der Waals surface area contributed by atoms with E-state index in [1.807, 2.05) is 19.1 Å². The summed E-state index contributed by atoms with van der Waals surface area (Å²) in [6, 6.07) is 7.21. The molecule has 1 aromatic carbocycles. The van der Waals surface area contributed by atoms with Gasteiger partial charge in [-0.3, -0.25) is 0 Å². The van der Waals surface area contributed by atoms with Gasteiger partial charge in [0.2, 0.25) is 0 Å². The van der Waals surface area contributed by atoms with Crippen molar-refractivity contribution >= 4 is 12.7 Å². The van der Waals surface area contributed by atoms with E-state index < -0.39 is 0 Å². The van der Waals surface area contributed by atoms with Crippen LogP contribution in [0, 0.1) is 12.3 Å². The van der Waals surface area contributed by atoms with Crippen LogP contribution in [0.2, 0.25) is 0 Å². The zero-order valence-electron chi connectivity index (χ0n) is 6.87. The van der Waals surface area contributed by atoms with Crippen LogP contribution in [0.1, 0.15) is 5.56 Å². The zero-order valence-corrected chi connectivity index (χ0v) is 6.87. The summed E-state index contributed by atoms with van der Waals surface area (Å²) in [7, 11) is 0. The topological polar surface area (TPSA) is 45.4 Å². The number of hydrogen-bond acceptors (Lipinski definition) is 2. The molecule has 0 amide bonds. The van der Waals surface area contributed by atoms with Gasteiger partial charge in [0.05, 0.1) is 0 Å². The van der Waals surface area contributed by atoms with E-state index in [0.717, 1.165) is 5.56 Å². The second-order valence-electron chi connectivity index (χ2n) is 2.38. The highest BCUT2D eigenvalue weighted by molar-refractivity contribution is 5.77. The number of rotatable bonds is 1. The Morgan fingerprint density at radius 3 is 2.50 bits per heavy atom. The fraction of sp³-hybridized carbons (Fsp3) is 0.111. The average Bonchev–Trinajstić information content (AvgIpc) is 2.09. The predicted octanol–water partition coefficient (Wildman–Crippen LogP) is 2.01. The molecular formula is C9H10N2O. The van der Waals surface area contributed by atoms with Crippen LogP contribution in [-0.4, -0.2) is 12.7 Å². The fourth-order valence-corrected chi connectivity index (χ4v) is 0.750. The van der Waals surface area contributed by atoms with Crippen LogP contribution in [0.15, 0.2) is 29.3 Å². The molecule has 0 saturated heterocycles. The molecule has 1 aromatic rings. The number of ether oxygens (including phenoxy) is 1. The van der Waals surface area contributed by atoms with Crippen LogP contribution in [0.5, 0.6) is 5.75 Å². The van der Waals surface area contributed by atoms with Gasteiger partial charge in [-0.1, -0.05) is 17.7 Å². The summed E-state index contributed by atoms with van der Waals surface area (Å²) in [4.78, 5) is 3.32. The average molecular weight is 162 g/mol. The third-order valence-electron chi connectivity index (χ3n) is 1.38. The monoisotopic (exact) mass is 162 g/mol. The van der Waals surface area contributed by atoms with Gasteiger partial charge in [0.15, 0.2) is 0 Å². The Kier molecular flexibility index (Phi) is 2.58. The van der Waals surface area contributed by atoms with Crippen molar-refractivity contribution in [2.75, 3.05) is 0 Å². The standard InChI is InChI=1S/C9H10N2O/c1-7-3-5-8(6-4-7)12-9(10)11-2/h3-6,10H,2H2,1H3. The molecule has 1 rings (SSSR count). The van der Waals surface area contributed by atoms with E-state index in [1.54, 1.807) is 12.1 Å². The Bertz CT molecular complexity index is 290. The second-order valence-corrected chi connectivity index (χ2v) is 2.38. The molecule has 0 aliphatic carbocycles. The number of aliphatic imine (C=N–C) groups is 1. The van der Waals surface area contributed by atoms with Crippen LogP contribution in [-0.2, 0) is 0 Å². The lowest BCUT2D eigenvalue weighted by molar-refractivity contribution is 0.538. The number of aryl methyl sites for hydroxylation is 1. The molecule has 62 valence electrons. The van der Waals surface area contributed by atoms with Crippen molar-refractivity contribution < 1.29 is 4.74 Å². The lowest BCUT2D eigenvalue weighted by atomic mass is 10.2. The maximum atomic E-state index is 7.08. The smallest absolute Gasteiger partial charge is 0.313 e. The maximum absolute atomic E-state index is 7.08. The first-order valence-corrected chi connectivity index (χ1v) is 3.52. The molecule has 3 nitrogen and oxygen atoms in total. The molecule has 0 bridgehead atoms. The van der Waals surface area contributed by atoms with Crippen LogP contribution in [0.3, 0.4) is 0 Å². The Morgan fingerprint density at radius 2 is 2.00 bits per heavy atom. The van der Waals surface area contributed by atoms with E-state index in [2.05, 4.69) is 11.7 Å². The largest absolute Gasteiger partial charge is 0.425 e. The second kappa shape index (κ2) is 3.67. The van der Waals surface area contributed by atoms with Crippen LogP contribution in [0.25, 0.3) is 0 Å². The summed E-state index contributed by atoms with van der Waals surface area (Å²) in [6.07, 6.45) is 0. The Labute approximate surface area is 71.2 Å². The van der Waals surface area contributed by atoms with Crippen molar-refractivity contribution in [2.45, 2.75) is 6.92 Å². The molecular weight excluding hydrogens is 152 g/mol. The highest BCUT2D eigenvalue weighted by Crippen LogP contribution is 2.11. The van der Waals surface area contributed by atoms with Gasteiger partial charge in [-0.15, -0.1) is 0 Å². The minimum Gasteiger partial charge on any atom is -0.425 e. The molecule has 1 N–H and O–H groups in total. The predicted molar refractivity (Wildman–Crippen MR) is 49.1 cm³/mol. The molecule has 0 spiro atoms. The van der Waals surface area contributed by atoms with E-state index in [1.165, 1.54) is 0 Å². The molecule has 0 atom stereocenters. The van der Waals surface area contributed by atoms with E-state index in [9.17, 15) is 0 Å². The first kappa shape index (κ1) is 8.46. The number of nitrogens with one attached hydrogen (secondary N) is 1. The Morgan fingerprint density at radius 1 is 1.42 bits per heavy atom. The van der Waals surface area contributed by atoms with Crippen LogP contribution < -0.4 is 4.74 Å². The summed E-state index contributed by atoms with van der Waals surface area (Å²) in [5, 5.41) is 7.08. The third kappa shape index (κ3) is 2.20. The van der Waals surface area contributed by atoms with E-state index in [0.29, 0.717) is 5.75 Å². The molecule has 0 fully saturated rings. The van der Waals surface area contributed by atoms with Crippen LogP contribution in [0.4, 0.5) is 0 Å². The SMILES string of the molecule is C=NC(=N)Oc1ccc(C)cc1. The molecule has 0 heterocycles. The van der Waals surface area contributed by atoms with Gasteiger partial charge >= 0.3 is 6.02 Å². The van der Waals surface area contributed by atoms with Gasteiger partial charge in [0.1, 0.15) is 5.75 Å². The molecule has 0 unspecified atom stereocenters. The fourth-order valence-electron chi connectivity index (χ4n) is 0.750. The zero-order chi connectivity index (χ0) is 8.97. The summed E-state index contributed by atoms with van der Waals surface area (Å²) in [6.45, 7) is 5.16. The molecule has 0 aliphatic rings. The van der Waals surface area contributed by atoms with Gasteiger partial charge < -0.3 is 4.74 Å². The van der Waals surface area contributed by atoms with Gasteiger partial charge in [-0.2, -0.15) is 0 Å². The number of benzene rings is 1. The van der Waals surface area contributed by atoms with Crippen molar-refractivity contribution in [1.82, 2.24) is 0 Å². The number of hydrogen-bond donors (Lipinski definition) is 1. The molecule has 12 heavy (non-hydrogen) atoms. The van der Waals surface area contributed by atoms with E-state index in [-0.39, 0.29) is 6.02 Å². The first-order valence-electron chi connectivity index (χ1n) is 3.52. The normalized spacial score (nSPS) is 9.08. The summed E-state index contributed by atoms with van der Waals surface area (Å²) >= 11 is 0. The molecule has 0 radical (unpaired) electrons. The molecule has 3 heteroatoms. The molecule has 0 aliphatic heterocycles. The van der Waals surface area contributed by atoms with Crippen LogP contribution >= 0.6 is 0 Å². The minimum absolute atomic E-state index is 0.182. The lowest BCUT2D eigenvalue weighted by Gasteiger charge is -2.01. The van der Waals surface area contributed by atoms with Gasteiger partial charge in [0, 0.05) is 0 Å². The van der Waals surface area contributed by atoms with E-state index >= 15 is 0 Å². The van der Waals surface area contributed by atoms with Crippen molar-refractivity contribution in [3.8, 4) is 5.75 Å². The number of amidine groups is 1.